The van der Waals surface area contributed by atoms with E-state index >= 15 is 0 Å². The second-order valence-corrected chi connectivity index (χ2v) is 2.95. The van der Waals surface area contributed by atoms with Gasteiger partial charge in [-0.2, -0.15) is 0 Å². The van der Waals surface area contributed by atoms with Crippen LogP contribution in [0.4, 0.5) is 0 Å². The van der Waals surface area contributed by atoms with Gasteiger partial charge in [0.05, 0.1) is 4.99 Å². The quantitative estimate of drug-likeness (QED) is 0.619. The van der Waals surface area contributed by atoms with Crippen LogP contribution in [0.1, 0.15) is 39.5 Å². The highest BCUT2D eigenvalue weighted by atomic mass is 32.1. The van der Waals surface area contributed by atoms with Crippen molar-refractivity contribution in [3.8, 4) is 0 Å². The molecule has 0 aliphatic rings. The maximum atomic E-state index is 5.07. The van der Waals surface area contributed by atoms with Gasteiger partial charge >= 0.3 is 0 Å². The van der Waals surface area contributed by atoms with Crippen LogP contribution in [-0.4, -0.2) is 11.5 Å². The molecule has 1 nitrogen and oxygen atoms in total. The predicted octanol–water partition coefficient (Wildman–Crippen LogP) is 2.50. The number of thiocarbonyl (C=S) groups is 1. The standard InChI is InChI=1S/C8H17NS/c1-3-5-6-8(10)9-7-4-2/h3-7H2,1-2H3,(H,9,10). The molecule has 60 valence electrons. The van der Waals surface area contributed by atoms with E-state index in [-0.39, 0.29) is 0 Å². The number of nitrogens with one attached hydrogen (secondary N) is 1. The molecule has 0 saturated heterocycles. The van der Waals surface area contributed by atoms with Crippen LogP contribution in [0.2, 0.25) is 0 Å². The molecule has 0 bridgehead atoms. The molecule has 0 fully saturated rings. The van der Waals surface area contributed by atoms with E-state index in [1.807, 2.05) is 0 Å². The Bertz CT molecular complexity index is 81.3. The topological polar surface area (TPSA) is 12.0 Å². The van der Waals surface area contributed by atoms with Crippen molar-refractivity contribution in [3.05, 3.63) is 0 Å². The van der Waals surface area contributed by atoms with Gasteiger partial charge in [-0.25, -0.2) is 0 Å². The van der Waals surface area contributed by atoms with Gasteiger partial charge < -0.3 is 5.32 Å². The van der Waals surface area contributed by atoms with E-state index < -0.39 is 0 Å². The molecule has 0 aromatic carbocycles. The van der Waals surface area contributed by atoms with Crippen LogP contribution in [0.5, 0.6) is 0 Å². The van der Waals surface area contributed by atoms with Crippen molar-refractivity contribution in [2.45, 2.75) is 39.5 Å². The van der Waals surface area contributed by atoms with E-state index in [0.717, 1.165) is 24.4 Å². The lowest BCUT2D eigenvalue weighted by Crippen LogP contribution is -2.21. The molecule has 0 heterocycles. The Labute approximate surface area is 69.2 Å². The third-order valence-corrected chi connectivity index (χ3v) is 1.68. The Hall–Kier alpha value is -0.110. The summed E-state index contributed by atoms with van der Waals surface area (Å²) in [4.78, 5) is 1.03. The molecule has 0 aromatic rings. The maximum absolute atomic E-state index is 5.07. The molecule has 0 amide bonds. The third kappa shape index (κ3) is 6.02. The number of hydrogen-bond donors (Lipinski definition) is 1. The Morgan fingerprint density at radius 1 is 1.30 bits per heavy atom. The first-order chi connectivity index (χ1) is 4.81. The van der Waals surface area contributed by atoms with Crippen LogP contribution in [0.3, 0.4) is 0 Å². The Kier molecular flexibility index (Phi) is 6.93. The maximum Gasteiger partial charge on any atom is 0.0753 e. The van der Waals surface area contributed by atoms with Crippen molar-refractivity contribution in [3.63, 3.8) is 0 Å². The van der Waals surface area contributed by atoms with Gasteiger partial charge in [-0.3, -0.25) is 0 Å². The minimum absolute atomic E-state index is 1.03. The highest BCUT2D eigenvalue weighted by molar-refractivity contribution is 7.80. The molecular formula is C8H17NS. The fraction of sp³-hybridized carbons (Fsp3) is 0.875. The number of unbranched alkanes of at least 4 members (excludes halogenated alkanes) is 1. The van der Waals surface area contributed by atoms with Crippen molar-refractivity contribution < 1.29 is 0 Å². The van der Waals surface area contributed by atoms with Gasteiger partial charge in [-0.15, -0.1) is 0 Å². The average molecular weight is 159 g/mol. The van der Waals surface area contributed by atoms with Gasteiger partial charge in [0.15, 0.2) is 0 Å². The summed E-state index contributed by atoms with van der Waals surface area (Å²) < 4.78 is 0. The fourth-order valence-corrected chi connectivity index (χ4v) is 0.937. The second-order valence-electron chi connectivity index (χ2n) is 2.45. The molecular weight excluding hydrogens is 142 g/mol. The largest absolute Gasteiger partial charge is 0.380 e. The van der Waals surface area contributed by atoms with Crippen molar-refractivity contribution in [2.75, 3.05) is 6.54 Å². The minimum atomic E-state index is 1.03. The first kappa shape index (κ1) is 9.89. The van der Waals surface area contributed by atoms with E-state index in [1.165, 1.54) is 12.8 Å². The number of hydrogen-bond acceptors (Lipinski definition) is 1. The molecule has 0 spiro atoms. The van der Waals surface area contributed by atoms with Gasteiger partial charge in [0.25, 0.3) is 0 Å². The number of rotatable bonds is 5. The second kappa shape index (κ2) is 7.00. The van der Waals surface area contributed by atoms with Gasteiger partial charge in [-0.05, 0) is 19.3 Å². The molecule has 0 aliphatic carbocycles. The summed E-state index contributed by atoms with van der Waals surface area (Å²) in [6.07, 6.45) is 4.67. The smallest absolute Gasteiger partial charge is 0.0753 e. The molecule has 0 atom stereocenters. The summed E-state index contributed by atoms with van der Waals surface area (Å²) in [6, 6.07) is 0. The van der Waals surface area contributed by atoms with Gasteiger partial charge in [-0.1, -0.05) is 32.5 Å². The molecule has 0 rings (SSSR count). The zero-order chi connectivity index (χ0) is 7.82. The van der Waals surface area contributed by atoms with E-state index in [2.05, 4.69) is 19.2 Å². The van der Waals surface area contributed by atoms with Crippen LogP contribution in [0.25, 0.3) is 0 Å². The molecule has 2 heteroatoms. The Morgan fingerprint density at radius 2 is 2.00 bits per heavy atom. The minimum Gasteiger partial charge on any atom is -0.380 e. The lowest BCUT2D eigenvalue weighted by Gasteiger charge is -2.04. The molecule has 0 radical (unpaired) electrons. The molecule has 0 aromatic heterocycles. The Morgan fingerprint density at radius 3 is 2.50 bits per heavy atom. The molecule has 0 saturated carbocycles. The SMILES string of the molecule is CCCCC(=S)NCCC. The molecule has 0 unspecified atom stereocenters. The average Bonchev–Trinajstić information content (AvgIpc) is 1.97. The van der Waals surface area contributed by atoms with Crippen LogP contribution >= 0.6 is 12.2 Å². The summed E-state index contributed by atoms with van der Waals surface area (Å²) in [7, 11) is 0. The van der Waals surface area contributed by atoms with Crippen LogP contribution in [0.15, 0.2) is 0 Å². The molecule has 1 N–H and O–H groups in total. The first-order valence-corrected chi connectivity index (χ1v) is 4.48. The lowest BCUT2D eigenvalue weighted by molar-refractivity contribution is 0.790. The van der Waals surface area contributed by atoms with E-state index in [9.17, 15) is 0 Å². The fourth-order valence-electron chi connectivity index (χ4n) is 0.690. The summed E-state index contributed by atoms with van der Waals surface area (Å²) in [5.41, 5.74) is 0. The van der Waals surface area contributed by atoms with Gasteiger partial charge in [0.2, 0.25) is 0 Å². The van der Waals surface area contributed by atoms with Crippen molar-refractivity contribution in [1.82, 2.24) is 5.32 Å². The zero-order valence-electron chi connectivity index (χ0n) is 6.94. The summed E-state index contributed by atoms with van der Waals surface area (Å²) >= 11 is 5.07. The van der Waals surface area contributed by atoms with E-state index in [1.54, 1.807) is 0 Å². The highest BCUT2D eigenvalue weighted by Crippen LogP contribution is 1.94. The molecule has 0 aliphatic heterocycles. The van der Waals surface area contributed by atoms with Crippen LogP contribution in [0, 0.1) is 0 Å². The van der Waals surface area contributed by atoms with Gasteiger partial charge in [0.1, 0.15) is 0 Å². The lowest BCUT2D eigenvalue weighted by atomic mass is 10.2. The van der Waals surface area contributed by atoms with Crippen LogP contribution < -0.4 is 5.32 Å². The van der Waals surface area contributed by atoms with Crippen molar-refractivity contribution in [1.29, 1.82) is 0 Å². The summed E-state index contributed by atoms with van der Waals surface area (Å²) in [6.45, 7) is 5.36. The third-order valence-electron chi connectivity index (χ3n) is 1.33. The highest BCUT2D eigenvalue weighted by Gasteiger charge is 1.91. The monoisotopic (exact) mass is 159 g/mol. The first-order valence-electron chi connectivity index (χ1n) is 4.08. The normalized spacial score (nSPS) is 9.40. The zero-order valence-corrected chi connectivity index (χ0v) is 7.76. The van der Waals surface area contributed by atoms with E-state index in [4.69, 9.17) is 12.2 Å². The van der Waals surface area contributed by atoms with Gasteiger partial charge in [0, 0.05) is 6.54 Å². The van der Waals surface area contributed by atoms with Crippen LogP contribution in [-0.2, 0) is 0 Å². The van der Waals surface area contributed by atoms with Crippen molar-refractivity contribution in [2.24, 2.45) is 0 Å². The molecule has 10 heavy (non-hydrogen) atoms. The summed E-state index contributed by atoms with van der Waals surface area (Å²) in [5.74, 6) is 0. The predicted molar refractivity (Wildman–Crippen MR) is 50.4 cm³/mol. The Balaban J connectivity index is 3.09. The summed E-state index contributed by atoms with van der Waals surface area (Å²) in [5, 5.41) is 3.20. The van der Waals surface area contributed by atoms with E-state index in [0.29, 0.717) is 0 Å². The van der Waals surface area contributed by atoms with Crippen molar-refractivity contribution >= 4 is 17.2 Å².